The zero-order valence-electron chi connectivity index (χ0n) is 18.0. The normalized spacial score (nSPS) is 15.7. The smallest absolute Gasteiger partial charge is 0.248 e. The maximum Gasteiger partial charge on any atom is 0.248 e. The molecule has 1 heterocycles. The summed E-state index contributed by atoms with van der Waals surface area (Å²) >= 11 is 0. The van der Waals surface area contributed by atoms with Gasteiger partial charge in [-0.05, 0) is 57.0 Å². The Balaban J connectivity index is 1.86. The third kappa shape index (κ3) is 5.91. The van der Waals surface area contributed by atoms with Crippen LogP contribution in [-0.4, -0.2) is 83.6 Å². The number of likely N-dealkylation sites (tertiary alicyclic amines) is 1. The van der Waals surface area contributed by atoms with Gasteiger partial charge in [0.05, 0.1) is 18.6 Å². The minimum absolute atomic E-state index is 0.0291. The van der Waals surface area contributed by atoms with E-state index in [2.05, 4.69) is 5.32 Å². The number of benzene rings is 1. The zero-order chi connectivity index (χ0) is 21.6. The van der Waals surface area contributed by atoms with Crippen LogP contribution in [0, 0.1) is 13.8 Å². The fourth-order valence-corrected chi connectivity index (χ4v) is 5.13. The fraction of sp³-hybridized carbons (Fsp3) is 0.650. The second-order valence-corrected chi connectivity index (χ2v) is 9.39. The summed E-state index contributed by atoms with van der Waals surface area (Å²) in [5.41, 5.74) is 1.27. The van der Waals surface area contributed by atoms with Crippen LogP contribution in [0.4, 0.5) is 0 Å². The highest BCUT2D eigenvalue weighted by Crippen LogP contribution is 2.27. The van der Waals surface area contributed by atoms with Gasteiger partial charge in [-0.25, -0.2) is 8.42 Å². The fourth-order valence-electron chi connectivity index (χ4n) is 3.57. The highest BCUT2D eigenvalue weighted by molar-refractivity contribution is 7.89. The monoisotopic (exact) mass is 427 g/mol. The minimum atomic E-state index is -3.66. The van der Waals surface area contributed by atoms with Crippen molar-refractivity contribution in [1.29, 1.82) is 0 Å². The van der Waals surface area contributed by atoms with Crippen molar-refractivity contribution in [2.24, 2.45) is 0 Å². The number of hydrogen-bond acceptors (Lipinski definition) is 6. The summed E-state index contributed by atoms with van der Waals surface area (Å²) in [6.07, 6.45) is 1.87. The molecular weight excluding hydrogens is 394 g/mol. The number of nitrogens with zero attached hydrogens (tertiary/aromatic N) is 2. The lowest BCUT2D eigenvalue weighted by molar-refractivity contribution is -0.137. The molecule has 29 heavy (non-hydrogen) atoms. The van der Waals surface area contributed by atoms with Crippen LogP contribution in [0.15, 0.2) is 17.0 Å². The molecule has 0 atom stereocenters. The van der Waals surface area contributed by atoms with Gasteiger partial charge in [-0.1, -0.05) is 0 Å². The van der Waals surface area contributed by atoms with Crippen LogP contribution >= 0.6 is 0 Å². The summed E-state index contributed by atoms with van der Waals surface area (Å²) in [6.45, 7) is 5.24. The van der Waals surface area contributed by atoms with Crippen LogP contribution < -0.4 is 10.1 Å². The summed E-state index contributed by atoms with van der Waals surface area (Å²) in [6, 6.07) is 3.88. The third-order valence-electron chi connectivity index (χ3n) is 5.37. The lowest BCUT2D eigenvalue weighted by Gasteiger charge is -2.31. The summed E-state index contributed by atoms with van der Waals surface area (Å²) < 4.78 is 37.8. The second kappa shape index (κ2) is 10.4. The van der Waals surface area contributed by atoms with E-state index in [1.54, 1.807) is 38.0 Å². The standard InChI is InChI=1S/C20H33N3O5S/c1-15-12-18(27-5)13-16(2)20(15)29(25,26)22(4)10-11-28-14-19(24)23-8-6-17(21-3)7-9-23/h12-13,17,21H,6-11,14H2,1-5H3. The predicted octanol–water partition coefficient (Wildman–Crippen LogP) is 1.16. The third-order valence-corrected chi connectivity index (χ3v) is 7.53. The molecule has 1 aliphatic rings. The summed E-state index contributed by atoms with van der Waals surface area (Å²) in [4.78, 5) is 14.3. The molecule has 0 aromatic heterocycles. The Morgan fingerprint density at radius 1 is 1.24 bits per heavy atom. The quantitative estimate of drug-likeness (QED) is 0.595. The topological polar surface area (TPSA) is 88.2 Å². The molecule has 0 unspecified atom stereocenters. The molecule has 8 nitrogen and oxygen atoms in total. The minimum Gasteiger partial charge on any atom is -0.497 e. The number of rotatable bonds is 9. The van der Waals surface area contributed by atoms with Crippen molar-refractivity contribution in [3.8, 4) is 5.75 Å². The van der Waals surface area contributed by atoms with Crippen LogP contribution in [0.2, 0.25) is 0 Å². The molecule has 0 aliphatic carbocycles. The van der Waals surface area contributed by atoms with Crippen molar-refractivity contribution >= 4 is 15.9 Å². The number of carbonyl (C=O) groups is 1. The summed E-state index contributed by atoms with van der Waals surface area (Å²) in [5.74, 6) is 0.578. The number of likely N-dealkylation sites (N-methyl/N-ethyl adjacent to an activating group) is 1. The van der Waals surface area contributed by atoms with Crippen molar-refractivity contribution < 1.29 is 22.7 Å². The molecule has 1 aliphatic heterocycles. The maximum atomic E-state index is 13.0. The Morgan fingerprint density at radius 2 is 1.83 bits per heavy atom. The molecule has 0 radical (unpaired) electrons. The Hall–Kier alpha value is -1.68. The van der Waals surface area contributed by atoms with Crippen molar-refractivity contribution in [3.63, 3.8) is 0 Å². The van der Waals surface area contributed by atoms with Gasteiger partial charge < -0.3 is 19.7 Å². The van der Waals surface area contributed by atoms with Crippen molar-refractivity contribution in [2.45, 2.75) is 37.6 Å². The average Bonchev–Trinajstić information content (AvgIpc) is 2.69. The SMILES string of the molecule is CNC1CCN(C(=O)COCCN(C)S(=O)(=O)c2c(C)cc(OC)cc2C)CC1. The van der Waals surface area contributed by atoms with Gasteiger partial charge in [-0.2, -0.15) is 4.31 Å². The van der Waals surface area contributed by atoms with E-state index in [1.165, 1.54) is 11.4 Å². The molecule has 1 fully saturated rings. The van der Waals surface area contributed by atoms with Gasteiger partial charge in [0.25, 0.3) is 0 Å². The van der Waals surface area contributed by atoms with Crippen LogP contribution in [-0.2, 0) is 19.6 Å². The molecule has 2 rings (SSSR count). The Morgan fingerprint density at radius 3 is 2.34 bits per heavy atom. The van der Waals surface area contributed by atoms with E-state index < -0.39 is 10.0 Å². The van der Waals surface area contributed by atoms with Gasteiger partial charge in [-0.15, -0.1) is 0 Å². The van der Waals surface area contributed by atoms with Crippen molar-refractivity contribution in [1.82, 2.24) is 14.5 Å². The van der Waals surface area contributed by atoms with Gasteiger partial charge in [0.1, 0.15) is 12.4 Å². The van der Waals surface area contributed by atoms with Gasteiger partial charge in [0, 0.05) is 32.7 Å². The van der Waals surface area contributed by atoms with Crippen molar-refractivity contribution in [2.75, 3.05) is 54.1 Å². The van der Waals surface area contributed by atoms with Crippen LogP contribution in [0.5, 0.6) is 5.75 Å². The largest absolute Gasteiger partial charge is 0.497 e. The van der Waals surface area contributed by atoms with E-state index in [9.17, 15) is 13.2 Å². The molecule has 1 saturated heterocycles. The molecule has 0 saturated carbocycles. The number of carbonyl (C=O) groups excluding carboxylic acids is 1. The molecule has 164 valence electrons. The van der Waals surface area contributed by atoms with E-state index in [4.69, 9.17) is 9.47 Å². The number of amides is 1. The lowest BCUT2D eigenvalue weighted by atomic mass is 10.1. The molecule has 0 spiro atoms. The van der Waals surface area contributed by atoms with Gasteiger partial charge >= 0.3 is 0 Å². The first kappa shape index (κ1) is 23.6. The van der Waals surface area contributed by atoms with Gasteiger partial charge in [0.15, 0.2) is 0 Å². The summed E-state index contributed by atoms with van der Waals surface area (Å²) in [5, 5.41) is 3.23. The molecule has 1 aromatic rings. The first-order valence-electron chi connectivity index (χ1n) is 9.85. The van der Waals surface area contributed by atoms with Crippen LogP contribution in [0.1, 0.15) is 24.0 Å². The van der Waals surface area contributed by atoms with E-state index in [0.29, 0.717) is 22.9 Å². The van der Waals surface area contributed by atoms with E-state index in [-0.39, 0.29) is 30.6 Å². The predicted molar refractivity (Wildman–Crippen MR) is 112 cm³/mol. The van der Waals surface area contributed by atoms with Crippen LogP contribution in [0.3, 0.4) is 0 Å². The highest BCUT2D eigenvalue weighted by atomic mass is 32.2. The molecular formula is C20H33N3O5S. The molecule has 1 aromatic carbocycles. The first-order valence-corrected chi connectivity index (χ1v) is 11.3. The molecule has 1 amide bonds. The van der Waals surface area contributed by atoms with E-state index >= 15 is 0 Å². The number of sulfonamides is 1. The maximum absolute atomic E-state index is 13.0. The highest BCUT2D eigenvalue weighted by Gasteiger charge is 2.26. The van der Waals surface area contributed by atoms with E-state index in [1.807, 2.05) is 7.05 Å². The number of ether oxygens (including phenoxy) is 2. The van der Waals surface area contributed by atoms with Gasteiger partial charge in [-0.3, -0.25) is 4.79 Å². The van der Waals surface area contributed by atoms with Crippen molar-refractivity contribution in [3.05, 3.63) is 23.3 Å². The Labute approximate surface area is 174 Å². The average molecular weight is 428 g/mol. The number of nitrogens with one attached hydrogen (secondary N) is 1. The van der Waals surface area contributed by atoms with Crippen LogP contribution in [0.25, 0.3) is 0 Å². The Bertz CT molecular complexity index is 781. The number of piperidine rings is 1. The summed E-state index contributed by atoms with van der Waals surface area (Å²) in [7, 11) is 1.35. The number of aryl methyl sites for hydroxylation is 2. The van der Waals surface area contributed by atoms with Gasteiger partial charge in [0.2, 0.25) is 15.9 Å². The first-order chi connectivity index (χ1) is 13.7. The van der Waals surface area contributed by atoms with E-state index in [0.717, 1.165) is 25.9 Å². The Kier molecular flexibility index (Phi) is 8.45. The number of hydrogen-bond donors (Lipinski definition) is 1. The number of methoxy groups -OCH3 is 1. The molecule has 9 heteroatoms. The second-order valence-electron chi connectivity index (χ2n) is 7.41. The lowest BCUT2D eigenvalue weighted by Crippen LogP contribution is -2.45. The zero-order valence-corrected chi connectivity index (χ0v) is 18.8. The molecule has 0 bridgehead atoms. The molecule has 1 N–H and O–H groups in total.